The molecular formula is C34H32ClN3O4S. The molecular weight excluding hydrogens is 582 g/mol. The number of halogens is 1. The minimum atomic E-state index is -0.476. The molecule has 0 saturated carbocycles. The topological polar surface area (TPSA) is 96.5 Å². The summed E-state index contributed by atoms with van der Waals surface area (Å²) in [6.07, 6.45) is 2.23. The highest BCUT2D eigenvalue weighted by atomic mass is 35.5. The number of nitrogens with one attached hydrogen (secondary N) is 3. The fourth-order valence-electron chi connectivity index (χ4n) is 4.15. The van der Waals surface area contributed by atoms with Gasteiger partial charge in [0, 0.05) is 21.8 Å². The number of hydrogen-bond acceptors (Lipinski definition) is 5. The van der Waals surface area contributed by atoms with Crippen LogP contribution in [0.25, 0.3) is 6.08 Å². The van der Waals surface area contributed by atoms with Gasteiger partial charge in [-0.25, -0.2) is 0 Å². The molecule has 0 spiro atoms. The summed E-state index contributed by atoms with van der Waals surface area (Å²) in [5, 5.41) is 8.58. The van der Waals surface area contributed by atoms with Crippen LogP contribution in [0.4, 0.5) is 11.4 Å². The van der Waals surface area contributed by atoms with E-state index in [2.05, 4.69) is 16.0 Å². The summed E-state index contributed by atoms with van der Waals surface area (Å²) in [4.78, 5) is 40.3. The summed E-state index contributed by atoms with van der Waals surface area (Å²) < 4.78 is 5.18. The van der Waals surface area contributed by atoms with Gasteiger partial charge in [0.15, 0.2) is 0 Å². The number of aryl methyl sites for hydroxylation is 1. The fourth-order valence-corrected chi connectivity index (χ4v) is 5.42. The van der Waals surface area contributed by atoms with Gasteiger partial charge in [0.1, 0.15) is 11.4 Å². The molecule has 3 N–H and O–H groups in total. The number of methoxy groups -OCH3 is 1. The van der Waals surface area contributed by atoms with Crippen LogP contribution in [0.1, 0.15) is 34.8 Å². The Morgan fingerprint density at radius 2 is 1.60 bits per heavy atom. The molecule has 1 unspecified atom stereocenters. The van der Waals surface area contributed by atoms with Gasteiger partial charge in [0.25, 0.3) is 11.8 Å². The smallest absolute Gasteiger partial charge is 0.272 e. The van der Waals surface area contributed by atoms with Crippen molar-refractivity contribution < 1.29 is 19.1 Å². The lowest BCUT2D eigenvalue weighted by Crippen LogP contribution is -2.30. The van der Waals surface area contributed by atoms with Crippen molar-refractivity contribution >= 4 is 58.5 Å². The Morgan fingerprint density at radius 1 is 0.884 bits per heavy atom. The zero-order valence-corrected chi connectivity index (χ0v) is 25.6. The highest BCUT2D eigenvalue weighted by molar-refractivity contribution is 8.00. The normalized spacial score (nSPS) is 11.8. The van der Waals surface area contributed by atoms with E-state index in [0.29, 0.717) is 34.1 Å². The van der Waals surface area contributed by atoms with Crippen molar-refractivity contribution in [3.05, 3.63) is 124 Å². The molecule has 0 heterocycles. The van der Waals surface area contributed by atoms with Gasteiger partial charge in [-0.05, 0) is 79.1 Å². The zero-order valence-electron chi connectivity index (χ0n) is 24.0. The van der Waals surface area contributed by atoms with Crippen molar-refractivity contribution in [3.8, 4) is 5.75 Å². The molecule has 4 rings (SSSR count). The summed E-state index contributed by atoms with van der Waals surface area (Å²) in [5.41, 5.74) is 3.40. The van der Waals surface area contributed by atoms with E-state index in [1.807, 2.05) is 50.2 Å². The van der Waals surface area contributed by atoms with Gasteiger partial charge < -0.3 is 20.7 Å². The van der Waals surface area contributed by atoms with E-state index in [4.69, 9.17) is 16.3 Å². The third kappa shape index (κ3) is 8.73. The predicted molar refractivity (Wildman–Crippen MR) is 175 cm³/mol. The van der Waals surface area contributed by atoms with Gasteiger partial charge in [-0.3, -0.25) is 14.4 Å². The SMILES string of the molecule is CCC(Sc1cccc(NC(=O)/C(=C/c2ccccc2C)NC(=O)c2ccccc2)c1)C(=O)Nc1ccc(OC)c(Cl)c1. The summed E-state index contributed by atoms with van der Waals surface area (Å²) in [6, 6.07) is 28.6. The number of amides is 3. The number of thioether (sulfide) groups is 1. The van der Waals surface area contributed by atoms with E-state index < -0.39 is 17.1 Å². The average molecular weight is 614 g/mol. The molecule has 4 aromatic carbocycles. The largest absolute Gasteiger partial charge is 0.495 e. The van der Waals surface area contributed by atoms with Crippen molar-refractivity contribution in [2.75, 3.05) is 17.7 Å². The first-order valence-electron chi connectivity index (χ1n) is 13.6. The van der Waals surface area contributed by atoms with Crippen molar-refractivity contribution in [1.82, 2.24) is 5.32 Å². The van der Waals surface area contributed by atoms with E-state index in [1.54, 1.807) is 66.7 Å². The number of ether oxygens (including phenoxy) is 1. The Labute approximate surface area is 260 Å². The molecule has 0 fully saturated rings. The van der Waals surface area contributed by atoms with Crippen LogP contribution in [0.3, 0.4) is 0 Å². The third-order valence-electron chi connectivity index (χ3n) is 6.47. The molecule has 1 atom stereocenters. The minimum absolute atomic E-state index is 0.102. The van der Waals surface area contributed by atoms with Crippen LogP contribution in [0.2, 0.25) is 5.02 Å². The number of anilines is 2. The van der Waals surface area contributed by atoms with Gasteiger partial charge in [-0.1, -0.05) is 67.1 Å². The van der Waals surface area contributed by atoms with E-state index >= 15 is 0 Å². The highest BCUT2D eigenvalue weighted by Gasteiger charge is 2.20. The maximum atomic E-state index is 13.5. The summed E-state index contributed by atoms with van der Waals surface area (Å²) >= 11 is 7.59. The first-order chi connectivity index (χ1) is 20.8. The number of carbonyl (C=O) groups excluding carboxylic acids is 3. The number of carbonyl (C=O) groups is 3. The zero-order chi connectivity index (χ0) is 30.8. The Hall–Kier alpha value is -4.53. The number of benzene rings is 4. The third-order valence-corrected chi connectivity index (χ3v) is 8.12. The Morgan fingerprint density at radius 3 is 2.30 bits per heavy atom. The predicted octanol–water partition coefficient (Wildman–Crippen LogP) is 7.58. The lowest BCUT2D eigenvalue weighted by Gasteiger charge is -2.16. The molecule has 3 amide bonds. The Kier molecular flexibility index (Phi) is 11.0. The Bertz CT molecular complexity index is 1640. The summed E-state index contributed by atoms with van der Waals surface area (Å²) in [5.74, 6) is -0.516. The Balaban J connectivity index is 1.49. The monoisotopic (exact) mass is 613 g/mol. The van der Waals surface area contributed by atoms with E-state index in [-0.39, 0.29) is 11.6 Å². The van der Waals surface area contributed by atoms with Gasteiger partial charge in [-0.15, -0.1) is 11.8 Å². The minimum Gasteiger partial charge on any atom is -0.495 e. The molecule has 43 heavy (non-hydrogen) atoms. The van der Waals surface area contributed by atoms with Gasteiger partial charge in [-0.2, -0.15) is 0 Å². The quantitative estimate of drug-likeness (QED) is 0.120. The molecule has 0 saturated heterocycles. The molecule has 0 aliphatic carbocycles. The molecule has 0 aliphatic rings. The van der Waals surface area contributed by atoms with Crippen LogP contribution in [0.5, 0.6) is 5.75 Å². The molecule has 0 radical (unpaired) electrons. The molecule has 4 aromatic rings. The second kappa shape index (κ2) is 15.1. The highest BCUT2D eigenvalue weighted by Crippen LogP contribution is 2.31. The fraction of sp³-hybridized carbons (Fsp3) is 0.147. The standard InChI is InChI=1S/C34H32ClN3O4S/c1-4-31(34(41)37-26-17-18-30(42-3)28(35)21-26)43-27-16-10-15-25(20-27)36-33(40)29(19-24-14-9-8-11-22(24)2)38-32(39)23-12-6-5-7-13-23/h5-21,31H,4H2,1-3H3,(H,36,40)(H,37,41)(H,38,39)/b29-19-. The van der Waals surface area contributed by atoms with Crippen molar-refractivity contribution in [3.63, 3.8) is 0 Å². The molecule has 0 aromatic heterocycles. The molecule has 9 heteroatoms. The average Bonchev–Trinajstić information content (AvgIpc) is 3.01. The first kappa shape index (κ1) is 31.4. The van der Waals surface area contributed by atoms with Crippen molar-refractivity contribution in [2.24, 2.45) is 0 Å². The van der Waals surface area contributed by atoms with Crippen LogP contribution in [0, 0.1) is 6.92 Å². The molecule has 0 aliphatic heterocycles. The maximum absolute atomic E-state index is 13.5. The molecule has 7 nitrogen and oxygen atoms in total. The number of rotatable bonds is 11. The summed E-state index contributed by atoms with van der Waals surface area (Å²) in [7, 11) is 1.53. The van der Waals surface area contributed by atoms with Crippen LogP contribution >= 0.6 is 23.4 Å². The van der Waals surface area contributed by atoms with E-state index in [0.717, 1.165) is 16.0 Å². The molecule has 220 valence electrons. The summed E-state index contributed by atoms with van der Waals surface area (Å²) in [6.45, 7) is 3.87. The van der Waals surface area contributed by atoms with E-state index in [9.17, 15) is 14.4 Å². The van der Waals surface area contributed by atoms with Crippen LogP contribution in [-0.2, 0) is 9.59 Å². The van der Waals surface area contributed by atoms with Gasteiger partial charge in [0.2, 0.25) is 5.91 Å². The lowest BCUT2D eigenvalue weighted by molar-refractivity contribution is -0.116. The van der Waals surface area contributed by atoms with Gasteiger partial charge in [0.05, 0.1) is 17.4 Å². The van der Waals surface area contributed by atoms with Crippen molar-refractivity contribution in [2.45, 2.75) is 30.4 Å². The van der Waals surface area contributed by atoms with Crippen LogP contribution < -0.4 is 20.7 Å². The first-order valence-corrected chi connectivity index (χ1v) is 14.9. The van der Waals surface area contributed by atoms with E-state index in [1.165, 1.54) is 18.9 Å². The second-order valence-electron chi connectivity index (χ2n) is 9.57. The maximum Gasteiger partial charge on any atom is 0.272 e. The second-order valence-corrected chi connectivity index (χ2v) is 11.3. The van der Waals surface area contributed by atoms with Gasteiger partial charge >= 0.3 is 0 Å². The van der Waals surface area contributed by atoms with Crippen molar-refractivity contribution in [1.29, 1.82) is 0 Å². The molecule has 0 bridgehead atoms. The number of hydrogen-bond donors (Lipinski definition) is 3. The lowest BCUT2D eigenvalue weighted by atomic mass is 10.1. The van der Waals surface area contributed by atoms with Crippen LogP contribution in [0.15, 0.2) is 108 Å². The van der Waals surface area contributed by atoms with Crippen LogP contribution in [-0.4, -0.2) is 30.1 Å².